The van der Waals surface area contributed by atoms with Gasteiger partial charge in [0.15, 0.2) is 0 Å². The van der Waals surface area contributed by atoms with Crippen molar-refractivity contribution in [2.75, 3.05) is 36.9 Å². The molecule has 0 aromatic heterocycles. The number of phenolic OH excluding ortho intramolecular Hbond substituents is 1. The standard InChI is InChI=1S/C20H21N3O6S2/c24-16-6-5-13(31(27,28)23-7-9-29-10-8-23)11-15(16)21-19(25)12-18-20(26)22-14-3-1-2-4-17(14)30-18/h1-6,11,18,24H,7-10,12H2,(H,21,25)(H,22,26)/t18-/m0/s1. The van der Waals surface area contributed by atoms with Crippen LogP contribution in [0.2, 0.25) is 0 Å². The molecule has 0 aliphatic carbocycles. The highest BCUT2D eigenvalue weighted by molar-refractivity contribution is 8.01. The molecule has 4 rings (SSSR count). The van der Waals surface area contributed by atoms with Crippen molar-refractivity contribution in [2.24, 2.45) is 0 Å². The van der Waals surface area contributed by atoms with E-state index in [1.54, 1.807) is 6.07 Å². The van der Waals surface area contributed by atoms with E-state index in [2.05, 4.69) is 10.6 Å². The molecule has 1 atom stereocenters. The first kappa shape index (κ1) is 21.6. The zero-order chi connectivity index (χ0) is 22.0. The van der Waals surface area contributed by atoms with Gasteiger partial charge in [0.25, 0.3) is 0 Å². The zero-order valence-electron chi connectivity index (χ0n) is 16.4. The van der Waals surface area contributed by atoms with Gasteiger partial charge in [-0.3, -0.25) is 9.59 Å². The molecule has 1 saturated heterocycles. The van der Waals surface area contributed by atoms with Gasteiger partial charge in [0.2, 0.25) is 21.8 Å². The van der Waals surface area contributed by atoms with Gasteiger partial charge in [-0.05, 0) is 30.3 Å². The number of ether oxygens (including phenoxy) is 1. The average molecular weight is 464 g/mol. The summed E-state index contributed by atoms with van der Waals surface area (Å²) in [6, 6.07) is 11.0. The van der Waals surface area contributed by atoms with Crippen LogP contribution >= 0.6 is 11.8 Å². The number of thioether (sulfide) groups is 1. The van der Waals surface area contributed by atoms with E-state index >= 15 is 0 Å². The molecule has 3 N–H and O–H groups in total. The number of para-hydroxylation sites is 1. The van der Waals surface area contributed by atoms with Crippen LogP contribution in [0, 0.1) is 0 Å². The van der Waals surface area contributed by atoms with Gasteiger partial charge in [0.05, 0.1) is 34.7 Å². The number of hydrogen-bond donors (Lipinski definition) is 3. The van der Waals surface area contributed by atoms with Crippen molar-refractivity contribution < 1.29 is 27.9 Å². The van der Waals surface area contributed by atoms with Crippen molar-refractivity contribution in [1.82, 2.24) is 4.31 Å². The molecular formula is C20H21N3O6S2. The van der Waals surface area contributed by atoms with Crippen LogP contribution < -0.4 is 10.6 Å². The molecule has 164 valence electrons. The number of amides is 2. The van der Waals surface area contributed by atoms with E-state index in [4.69, 9.17) is 4.74 Å². The van der Waals surface area contributed by atoms with Crippen molar-refractivity contribution in [2.45, 2.75) is 21.5 Å². The number of sulfonamides is 1. The van der Waals surface area contributed by atoms with Crippen molar-refractivity contribution >= 4 is 45.0 Å². The van der Waals surface area contributed by atoms with Gasteiger partial charge >= 0.3 is 0 Å². The second kappa shape index (κ2) is 8.87. The number of nitrogens with one attached hydrogen (secondary N) is 2. The Morgan fingerprint density at radius 1 is 1.23 bits per heavy atom. The molecule has 2 aliphatic heterocycles. The number of fused-ring (bicyclic) bond motifs is 1. The molecule has 0 unspecified atom stereocenters. The van der Waals surface area contributed by atoms with Crippen LogP contribution in [0.1, 0.15) is 6.42 Å². The molecule has 2 aromatic carbocycles. The predicted octanol–water partition coefficient (Wildman–Crippen LogP) is 1.85. The number of carbonyl (C=O) groups excluding carboxylic acids is 2. The fourth-order valence-electron chi connectivity index (χ4n) is 3.31. The third kappa shape index (κ3) is 4.69. The summed E-state index contributed by atoms with van der Waals surface area (Å²) in [6.45, 7) is 1.09. The summed E-state index contributed by atoms with van der Waals surface area (Å²) in [5.41, 5.74) is 0.675. The Morgan fingerprint density at radius 3 is 2.74 bits per heavy atom. The normalized spacial score (nSPS) is 19.4. The minimum absolute atomic E-state index is 0.0269. The summed E-state index contributed by atoms with van der Waals surface area (Å²) in [7, 11) is -3.78. The van der Waals surface area contributed by atoms with E-state index in [0.717, 1.165) is 4.90 Å². The molecule has 31 heavy (non-hydrogen) atoms. The van der Waals surface area contributed by atoms with E-state index in [1.807, 2.05) is 18.2 Å². The number of aromatic hydroxyl groups is 1. The molecule has 11 heteroatoms. The molecule has 9 nitrogen and oxygen atoms in total. The van der Waals surface area contributed by atoms with Crippen LogP contribution in [0.5, 0.6) is 5.75 Å². The van der Waals surface area contributed by atoms with Crippen LogP contribution in [0.3, 0.4) is 0 Å². The van der Waals surface area contributed by atoms with Crippen LogP contribution in [0.15, 0.2) is 52.3 Å². The van der Waals surface area contributed by atoms with Crippen LogP contribution in [0.4, 0.5) is 11.4 Å². The summed E-state index contributed by atoms with van der Waals surface area (Å²) in [5, 5.41) is 14.8. The van der Waals surface area contributed by atoms with E-state index in [9.17, 15) is 23.1 Å². The topological polar surface area (TPSA) is 125 Å². The van der Waals surface area contributed by atoms with Gasteiger partial charge in [0.1, 0.15) is 5.75 Å². The Hall–Kier alpha value is -2.60. The van der Waals surface area contributed by atoms with Gasteiger partial charge in [-0.1, -0.05) is 12.1 Å². The minimum Gasteiger partial charge on any atom is -0.506 e. The van der Waals surface area contributed by atoms with Crippen molar-refractivity contribution in [3.05, 3.63) is 42.5 Å². The highest BCUT2D eigenvalue weighted by Gasteiger charge is 2.30. The van der Waals surface area contributed by atoms with Gasteiger partial charge in [-0.2, -0.15) is 4.31 Å². The number of phenols is 1. The quantitative estimate of drug-likeness (QED) is 0.578. The lowest BCUT2D eigenvalue weighted by atomic mass is 10.2. The monoisotopic (exact) mass is 463 g/mol. The van der Waals surface area contributed by atoms with Crippen molar-refractivity contribution in [1.29, 1.82) is 0 Å². The number of hydrogen-bond acceptors (Lipinski definition) is 7. The van der Waals surface area contributed by atoms with Crippen molar-refractivity contribution in [3.8, 4) is 5.75 Å². The number of benzene rings is 2. The van der Waals surface area contributed by atoms with Gasteiger partial charge in [0, 0.05) is 24.4 Å². The Morgan fingerprint density at radius 2 is 1.97 bits per heavy atom. The van der Waals surface area contributed by atoms with E-state index in [1.165, 1.54) is 34.3 Å². The van der Waals surface area contributed by atoms with Gasteiger partial charge in [-0.15, -0.1) is 11.8 Å². The molecule has 2 heterocycles. The summed E-state index contributed by atoms with van der Waals surface area (Å²) in [5.74, 6) is -1.06. The number of morpholine rings is 1. The smallest absolute Gasteiger partial charge is 0.243 e. The molecule has 2 amide bonds. The highest BCUT2D eigenvalue weighted by Crippen LogP contribution is 2.37. The first-order valence-electron chi connectivity index (χ1n) is 9.62. The Balaban J connectivity index is 1.47. The Kier molecular flexibility index (Phi) is 6.19. The number of nitrogens with zero attached hydrogens (tertiary/aromatic N) is 1. The van der Waals surface area contributed by atoms with Crippen molar-refractivity contribution in [3.63, 3.8) is 0 Å². The summed E-state index contributed by atoms with van der Waals surface area (Å²) < 4.78 is 32.2. The Labute approximate surface area is 183 Å². The lowest BCUT2D eigenvalue weighted by Gasteiger charge is -2.26. The molecule has 0 bridgehead atoms. The summed E-state index contributed by atoms with van der Waals surface area (Å²) >= 11 is 1.28. The molecule has 0 saturated carbocycles. The maximum atomic E-state index is 12.8. The van der Waals surface area contributed by atoms with E-state index in [-0.39, 0.29) is 41.7 Å². The van der Waals surface area contributed by atoms with E-state index in [0.29, 0.717) is 18.9 Å². The molecule has 1 fully saturated rings. The van der Waals surface area contributed by atoms with Gasteiger partial charge in [-0.25, -0.2) is 8.42 Å². The first-order valence-corrected chi connectivity index (χ1v) is 11.9. The lowest BCUT2D eigenvalue weighted by Crippen LogP contribution is -2.40. The summed E-state index contributed by atoms with van der Waals surface area (Å²) in [6.07, 6.45) is -0.134. The molecular weight excluding hydrogens is 442 g/mol. The minimum atomic E-state index is -3.78. The third-order valence-corrected chi connectivity index (χ3v) is 8.10. The van der Waals surface area contributed by atoms with Gasteiger partial charge < -0.3 is 20.5 Å². The largest absolute Gasteiger partial charge is 0.506 e. The lowest BCUT2D eigenvalue weighted by molar-refractivity contribution is -0.120. The predicted molar refractivity (Wildman–Crippen MR) is 116 cm³/mol. The zero-order valence-corrected chi connectivity index (χ0v) is 18.0. The SMILES string of the molecule is O=C(C[C@@H]1Sc2ccccc2NC1=O)Nc1cc(S(=O)(=O)N2CCOCC2)ccc1O. The highest BCUT2D eigenvalue weighted by atomic mass is 32.2. The van der Waals surface area contributed by atoms with Crippen LogP contribution in [-0.4, -0.2) is 61.2 Å². The number of anilines is 2. The number of rotatable bonds is 5. The second-order valence-electron chi connectivity index (χ2n) is 7.04. The fourth-order valence-corrected chi connectivity index (χ4v) is 5.85. The average Bonchev–Trinajstić information content (AvgIpc) is 2.76. The van der Waals surface area contributed by atoms with Crippen LogP contribution in [0.25, 0.3) is 0 Å². The molecule has 2 aliphatic rings. The molecule has 0 spiro atoms. The Bertz CT molecular complexity index is 1120. The maximum Gasteiger partial charge on any atom is 0.243 e. The number of carbonyl (C=O) groups is 2. The van der Waals surface area contributed by atoms with E-state index < -0.39 is 21.2 Å². The third-order valence-electron chi connectivity index (χ3n) is 4.93. The fraction of sp³-hybridized carbons (Fsp3) is 0.300. The first-order chi connectivity index (χ1) is 14.8. The van der Waals surface area contributed by atoms with Crippen LogP contribution in [-0.2, 0) is 24.3 Å². The molecule has 0 radical (unpaired) electrons. The molecule has 2 aromatic rings. The second-order valence-corrected chi connectivity index (χ2v) is 10.2. The maximum absolute atomic E-state index is 12.8. The summed E-state index contributed by atoms with van der Waals surface area (Å²) in [4.78, 5) is 25.7.